The van der Waals surface area contributed by atoms with Crippen molar-refractivity contribution in [1.82, 2.24) is 10.3 Å². The number of methoxy groups -OCH3 is 1. The molecule has 1 aliphatic heterocycles. The van der Waals surface area contributed by atoms with Gasteiger partial charge in [0.25, 0.3) is 0 Å². The summed E-state index contributed by atoms with van der Waals surface area (Å²) in [6.45, 7) is 3.38. The molecule has 2 atom stereocenters. The maximum atomic E-state index is 12.5. The fraction of sp³-hybridized carbons (Fsp3) is 0.500. The lowest BCUT2D eigenvalue weighted by molar-refractivity contribution is -0.122. The first-order chi connectivity index (χ1) is 12.5. The average molecular weight is 400 g/mol. The van der Waals surface area contributed by atoms with Gasteiger partial charge in [-0.15, -0.1) is 0 Å². The van der Waals surface area contributed by atoms with Crippen molar-refractivity contribution in [3.63, 3.8) is 0 Å². The lowest BCUT2D eigenvalue weighted by Crippen LogP contribution is -2.28. The third kappa shape index (κ3) is 3.39. The number of carbonyl (C=O) groups is 1. The molecule has 0 unspecified atom stereocenters. The molecule has 1 aromatic carbocycles. The van der Waals surface area contributed by atoms with Gasteiger partial charge in [0.2, 0.25) is 5.91 Å². The smallest absolute Gasteiger partial charge is 0.227 e. The quantitative estimate of drug-likeness (QED) is 0.600. The number of anilines is 1. The van der Waals surface area contributed by atoms with Crippen molar-refractivity contribution in [2.75, 3.05) is 38.7 Å². The highest BCUT2D eigenvalue weighted by molar-refractivity contribution is 6.45. The Kier molecular flexibility index (Phi) is 5.97. The molecule has 0 aliphatic carbocycles. The van der Waals surface area contributed by atoms with Crippen molar-refractivity contribution in [2.24, 2.45) is 0 Å². The van der Waals surface area contributed by atoms with E-state index in [0.717, 1.165) is 28.8 Å². The number of benzene rings is 1. The molecule has 0 fully saturated rings. The summed E-state index contributed by atoms with van der Waals surface area (Å²) in [5.74, 6) is -0.267. The first-order valence-corrected chi connectivity index (χ1v) is 9.40. The monoisotopic (exact) mass is 399 g/mol. The summed E-state index contributed by atoms with van der Waals surface area (Å²) >= 11 is 12.8. The normalized spacial score (nSPS) is 20.0. The van der Waals surface area contributed by atoms with E-state index in [1.165, 1.54) is 0 Å². The van der Waals surface area contributed by atoms with Gasteiger partial charge in [-0.05, 0) is 25.0 Å². The van der Waals surface area contributed by atoms with Crippen LogP contribution in [0.25, 0.3) is 10.9 Å². The molecule has 26 heavy (non-hydrogen) atoms. The number of halogens is 2. The van der Waals surface area contributed by atoms with Gasteiger partial charge in [0.1, 0.15) is 0 Å². The Morgan fingerprint density at radius 2 is 2.19 bits per heavy atom. The van der Waals surface area contributed by atoms with Crippen molar-refractivity contribution in [2.45, 2.75) is 25.2 Å². The van der Waals surface area contributed by atoms with Crippen molar-refractivity contribution in [3.8, 4) is 0 Å². The summed E-state index contributed by atoms with van der Waals surface area (Å²) in [4.78, 5) is 16.0. The van der Waals surface area contributed by atoms with Crippen LogP contribution in [0.5, 0.6) is 0 Å². The number of hydrogen-bond acceptors (Lipinski definition) is 4. The zero-order valence-electron chi connectivity index (χ0n) is 14.8. The number of amides is 1. The summed E-state index contributed by atoms with van der Waals surface area (Å²) < 4.78 is 5.23. The van der Waals surface area contributed by atoms with Gasteiger partial charge in [-0.2, -0.15) is 0 Å². The molecule has 142 valence electrons. The second-order valence-electron chi connectivity index (χ2n) is 6.52. The molecule has 3 rings (SSSR count). The maximum absolute atomic E-state index is 12.5. The summed E-state index contributed by atoms with van der Waals surface area (Å²) in [6.07, 6.45) is 0.772. The molecule has 0 bridgehead atoms. The number of rotatable bonds is 6. The van der Waals surface area contributed by atoms with E-state index in [0.29, 0.717) is 35.3 Å². The molecule has 6 nitrogen and oxygen atoms in total. The summed E-state index contributed by atoms with van der Waals surface area (Å²) in [7, 11) is 1.66. The molecule has 4 N–H and O–H groups in total. The Labute approximate surface area is 162 Å². The summed E-state index contributed by atoms with van der Waals surface area (Å²) in [5.41, 5.74) is 3.38. The summed E-state index contributed by atoms with van der Waals surface area (Å²) in [6, 6.07) is 1.75. The van der Waals surface area contributed by atoms with E-state index >= 15 is 0 Å². The number of fused-ring (bicyclic) bond motifs is 3. The molecule has 2 heterocycles. The topological polar surface area (TPSA) is 86.4 Å². The molecule has 0 radical (unpaired) electrons. The second kappa shape index (κ2) is 8.05. The number of aromatic nitrogens is 1. The fourth-order valence-electron chi connectivity index (χ4n) is 3.58. The fourth-order valence-corrected chi connectivity index (χ4v) is 3.98. The van der Waals surface area contributed by atoms with Gasteiger partial charge in [0, 0.05) is 49.5 Å². The van der Waals surface area contributed by atoms with Gasteiger partial charge >= 0.3 is 0 Å². The standard InChI is InChI=1S/C18H23Cl2N3O3/c1-9-13-14-12(21-4-5-24)7-11(19)15(20)17(14)23-16(13)10(3-6-26-2)8-22-18(9)25/h7,9-10,21,23-24H,3-6,8H2,1-2H3,(H,22,25)/t9-,10-/m0/s1. The van der Waals surface area contributed by atoms with E-state index in [9.17, 15) is 9.90 Å². The van der Waals surface area contributed by atoms with Gasteiger partial charge < -0.3 is 25.5 Å². The van der Waals surface area contributed by atoms with E-state index in [4.69, 9.17) is 27.9 Å². The number of H-pyrrole nitrogens is 1. The number of hydrogen-bond donors (Lipinski definition) is 4. The Morgan fingerprint density at radius 3 is 2.88 bits per heavy atom. The Balaban J connectivity index is 2.25. The molecule has 1 amide bonds. The van der Waals surface area contributed by atoms with Gasteiger partial charge in [-0.25, -0.2) is 0 Å². The van der Waals surface area contributed by atoms with Crippen LogP contribution < -0.4 is 10.6 Å². The van der Waals surface area contributed by atoms with E-state index in [-0.39, 0.29) is 24.3 Å². The highest BCUT2D eigenvalue weighted by Gasteiger charge is 2.32. The molecule has 0 spiro atoms. The molecule has 1 aromatic heterocycles. The van der Waals surface area contributed by atoms with Crippen LogP contribution in [0.3, 0.4) is 0 Å². The molecular formula is C18H23Cl2N3O3. The van der Waals surface area contributed by atoms with Gasteiger partial charge in [0.15, 0.2) is 0 Å². The largest absolute Gasteiger partial charge is 0.395 e. The van der Waals surface area contributed by atoms with E-state index in [2.05, 4.69) is 15.6 Å². The zero-order valence-corrected chi connectivity index (χ0v) is 16.3. The van der Waals surface area contributed by atoms with Crippen LogP contribution in [-0.2, 0) is 9.53 Å². The van der Waals surface area contributed by atoms with E-state index in [1.807, 2.05) is 6.92 Å². The molecule has 2 aromatic rings. The molecule has 0 saturated heterocycles. The number of aliphatic hydroxyl groups is 1. The molecule has 0 saturated carbocycles. The molecule has 1 aliphatic rings. The zero-order chi connectivity index (χ0) is 18.8. The summed E-state index contributed by atoms with van der Waals surface area (Å²) in [5, 5.41) is 17.1. The van der Waals surface area contributed by atoms with E-state index < -0.39 is 0 Å². The van der Waals surface area contributed by atoms with Crippen molar-refractivity contribution < 1.29 is 14.6 Å². The van der Waals surface area contributed by atoms with Crippen LogP contribution in [0.15, 0.2) is 6.07 Å². The number of aliphatic hydroxyl groups excluding tert-OH is 1. The minimum Gasteiger partial charge on any atom is -0.395 e. The number of carbonyl (C=O) groups excluding carboxylic acids is 1. The predicted molar refractivity (Wildman–Crippen MR) is 105 cm³/mol. The van der Waals surface area contributed by atoms with Crippen LogP contribution in [0.1, 0.15) is 36.4 Å². The minimum atomic E-state index is -0.335. The predicted octanol–water partition coefficient (Wildman–Crippen LogP) is 3.23. The maximum Gasteiger partial charge on any atom is 0.227 e. The van der Waals surface area contributed by atoms with Crippen LogP contribution in [-0.4, -0.2) is 49.4 Å². The highest BCUT2D eigenvalue weighted by atomic mass is 35.5. The van der Waals surface area contributed by atoms with Crippen LogP contribution >= 0.6 is 23.2 Å². The SMILES string of the molecule is COCC[C@H]1CNC(=O)[C@@H](C)c2c1[nH]c1c(Cl)c(Cl)cc(NCCO)c21. The second-order valence-corrected chi connectivity index (χ2v) is 7.30. The lowest BCUT2D eigenvalue weighted by Gasteiger charge is -2.14. The number of nitrogens with one attached hydrogen (secondary N) is 3. The number of aromatic amines is 1. The van der Waals surface area contributed by atoms with Crippen molar-refractivity contribution >= 4 is 45.7 Å². The van der Waals surface area contributed by atoms with Crippen molar-refractivity contribution in [3.05, 3.63) is 27.4 Å². The van der Waals surface area contributed by atoms with Crippen LogP contribution in [0.4, 0.5) is 5.69 Å². The van der Waals surface area contributed by atoms with Gasteiger partial charge in [0.05, 0.1) is 28.1 Å². The first kappa shape index (κ1) is 19.3. The highest BCUT2D eigenvalue weighted by Crippen LogP contribution is 2.44. The minimum absolute atomic E-state index is 0.0130. The Bertz CT molecular complexity index is 822. The Hall–Kier alpha value is -1.47. The van der Waals surface area contributed by atoms with Crippen LogP contribution in [0.2, 0.25) is 10.0 Å². The number of ether oxygens (including phenoxy) is 1. The molecular weight excluding hydrogens is 377 g/mol. The van der Waals surface area contributed by atoms with E-state index in [1.54, 1.807) is 13.2 Å². The average Bonchev–Trinajstić information content (AvgIpc) is 2.98. The molecule has 8 heteroatoms. The third-order valence-electron chi connectivity index (χ3n) is 4.89. The first-order valence-electron chi connectivity index (χ1n) is 8.64. The Morgan fingerprint density at radius 1 is 1.42 bits per heavy atom. The van der Waals surface area contributed by atoms with Gasteiger partial charge in [-0.1, -0.05) is 23.2 Å². The van der Waals surface area contributed by atoms with Gasteiger partial charge in [-0.3, -0.25) is 4.79 Å². The van der Waals surface area contributed by atoms with Crippen molar-refractivity contribution in [1.29, 1.82) is 0 Å². The van der Waals surface area contributed by atoms with Crippen LogP contribution in [0, 0.1) is 0 Å². The lowest BCUT2D eigenvalue weighted by atomic mass is 9.91. The third-order valence-corrected chi connectivity index (χ3v) is 5.68.